The quantitative estimate of drug-likeness (QED) is 0.536. The predicted molar refractivity (Wildman–Crippen MR) is 37.6 cm³/mol. The van der Waals surface area contributed by atoms with E-state index in [-0.39, 0.29) is 5.91 Å². The molecule has 0 radical (unpaired) electrons. The van der Waals surface area contributed by atoms with Gasteiger partial charge in [-0.1, -0.05) is 0 Å². The lowest BCUT2D eigenvalue weighted by atomic mass is 10.3. The molecule has 1 saturated heterocycles. The van der Waals surface area contributed by atoms with Crippen LogP contribution < -0.4 is 5.32 Å². The Bertz CT molecular complexity index is 154. The Morgan fingerprint density at radius 2 is 2.30 bits per heavy atom. The van der Waals surface area contributed by atoms with E-state index in [1.807, 2.05) is 0 Å². The Labute approximate surface area is 60.4 Å². The third kappa shape index (κ3) is 1.14. The lowest BCUT2D eigenvalue weighted by Gasteiger charge is -2.25. The highest BCUT2D eigenvalue weighted by Gasteiger charge is 2.31. The molecule has 1 heterocycles. The molecular weight excluding hydrogens is 128 g/mol. The normalized spacial score (nSPS) is 28.2. The second-order valence-electron chi connectivity index (χ2n) is 3.05. The molecule has 0 bridgehead atoms. The molecule has 2 fully saturated rings. The van der Waals surface area contributed by atoms with Crippen LogP contribution in [0.5, 0.6) is 0 Å². The minimum atomic E-state index is 0.193. The van der Waals surface area contributed by atoms with Gasteiger partial charge in [0, 0.05) is 19.1 Å². The first-order valence-electron chi connectivity index (χ1n) is 3.87. The average molecular weight is 140 g/mol. The van der Waals surface area contributed by atoms with Crippen LogP contribution in [0.4, 0.5) is 0 Å². The number of amides is 1. The number of rotatable bonds is 1. The van der Waals surface area contributed by atoms with Crippen LogP contribution in [-0.4, -0.2) is 36.5 Å². The molecule has 0 aromatic carbocycles. The molecule has 56 valence electrons. The highest BCUT2D eigenvalue weighted by atomic mass is 16.2. The van der Waals surface area contributed by atoms with Gasteiger partial charge in [-0.3, -0.25) is 9.69 Å². The molecule has 10 heavy (non-hydrogen) atoms. The first kappa shape index (κ1) is 6.16. The fourth-order valence-electron chi connectivity index (χ4n) is 1.41. The van der Waals surface area contributed by atoms with E-state index < -0.39 is 0 Å². The molecule has 0 aromatic rings. The number of nitrogens with one attached hydrogen (secondary N) is 1. The summed E-state index contributed by atoms with van der Waals surface area (Å²) in [7, 11) is 0. The molecule has 0 unspecified atom stereocenters. The van der Waals surface area contributed by atoms with Crippen molar-refractivity contribution in [1.29, 1.82) is 0 Å². The van der Waals surface area contributed by atoms with Gasteiger partial charge in [-0.2, -0.15) is 0 Å². The smallest absolute Gasteiger partial charge is 0.234 e. The van der Waals surface area contributed by atoms with Crippen molar-refractivity contribution in [2.75, 3.05) is 19.6 Å². The second kappa shape index (κ2) is 2.23. The van der Waals surface area contributed by atoms with Crippen molar-refractivity contribution in [2.24, 2.45) is 0 Å². The van der Waals surface area contributed by atoms with Crippen LogP contribution >= 0.6 is 0 Å². The van der Waals surface area contributed by atoms with Gasteiger partial charge in [-0.15, -0.1) is 0 Å². The predicted octanol–water partition coefficient (Wildman–Crippen LogP) is -0.419. The zero-order valence-corrected chi connectivity index (χ0v) is 5.97. The summed E-state index contributed by atoms with van der Waals surface area (Å²) >= 11 is 0. The first-order valence-corrected chi connectivity index (χ1v) is 3.87. The summed E-state index contributed by atoms with van der Waals surface area (Å²) in [5.74, 6) is 0.193. The topological polar surface area (TPSA) is 32.3 Å². The van der Waals surface area contributed by atoms with Crippen molar-refractivity contribution < 1.29 is 4.79 Å². The van der Waals surface area contributed by atoms with Gasteiger partial charge in [0.25, 0.3) is 0 Å². The average Bonchev–Trinajstić information content (AvgIpc) is 2.68. The molecule has 1 aliphatic carbocycles. The third-order valence-electron chi connectivity index (χ3n) is 2.13. The maximum absolute atomic E-state index is 10.9. The van der Waals surface area contributed by atoms with Crippen LogP contribution in [0.1, 0.15) is 12.8 Å². The molecule has 0 aromatic heterocycles. The maximum Gasteiger partial charge on any atom is 0.234 e. The van der Waals surface area contributed by atoms with Crippen molar-refractivity contribution in [3.8, 4) is 0 Å². The van der Waals surface area contributed by atoms with Crippen LogP contribution in [0.25, 0.3) is 0 Å². The van der Waals surface area contributed by atoms with E-state index in [1.54, 1.807) is 0 Å². The minimum absolute atomic E-state index is 0.193. The van der Waals surface area contributed by atoms with Gasteiger partial charge in [0.2, 0.25) is 5.91 Å². The number of carbonyl (C=O) groups is 1. The van der Waals surface area contributed by atoms with Gasteiger partial charge in [0.15, 0.2) is 0 Å². The number of nitrogens with zero attached hydrogens (tertiary/aromatic N) is 1. The fourth-order valence-corrected chi connectivity index (χ4v) is 1.41. The number of hydrogen-bond donors (Lipinski definition) is 1. The number of piperazine rings is 1. The Balaban J connectivity index is 1.89. The summed E-state index contributed by atoms with van der Waals surface area (Å²) < 4.78 is 0. The van der Waals surface area contributed by atoms with Crippen molar-refractivity contribution >= 4 is 5.91 Å². The van der Waals surface area contributed by atoms with Crippen LogP contribution in [-0.2, 0) is 4.79 Å². The van der Waals surface area contributed by atoms with Crippen LogP contribution in [0.3, 0.4) is 0 Å². The van der Waals surface area contributed by atoms with Crippen molar-refractivity contribution in [3.63, 3.8) is 0 Å². The van der Waals surface area contributed by atoms with E-state index in [4.69, 9.17) is 0 Å². The largest absolute Gasteiger partial charge is 0.354 e. The zero-order chi connectivity index (χ0) is 6.97. The lowest BCUT2D eigenvalue weighted by molar-refractivity contribution is -0.124. The summed E-state index contributed by atoms with van der Waals surface area (Å²) in [6.07, 6.45) is 2.60. The molecule has 1 aliphatic heterocycles. The van der Waals surface area contributed by atoms with Crippen LogP contribution in [0.2, 0.25) is 0 Å². The minimum Gasteiger partial charge on any atom is -0.354 e. The molecule has 2 rings (SSSR count). The molecule has 1 N–H and O–H groups in total. The second-order valence-corrected chi connectivity index (χ2v) is 3.05. The summed E-state index contributed by atoms with van der Waals surface area (Å²) in [5, 5.41) is 2.81. The van der Waals surface area contributed by atoms with E-state index in [0.29, 0.717) is 6.54 Å². The Hall–Kier alpha value is -0.570. The monoisotopic (exact) mass is 140 g/mol. The van der Waals surface area contributed by atoms with E-state index >= 15 is 0 Å². The Morgan fingerprint density at radius 3 is 2.90 bits per heavy atom. The third-order valence-corrected chi connectivity index (χ3v) is 2.13. The van der Waals surface area contributed by atoms with Gasteiger partial charge in [-0.25, -0.2) is 0 Å². The molecule has 3 nitrogen and oxygen atoms in total. The van der Waals surface area contributed by atoms with Gasteiger partial charge < -0.3 is 5.32 Å². The SMILES string of the molecule is O=C1CN(C2CC2)CCN1. The van der Waals surface area contributed by atoms with Gasteiger partial charge in [-0.05, 0) is 12.8 Å². The molecule has 2 aliphatic rings. The Kier molecular flexibility index (Phi) is 1.38. The van der Waals surface area contributed by atoms with E-state index in [0.717, 1.165) is 19.1 Å². The van der Waals surface area contributed by atoms with Gasteiger partial charge in [0.1, 0.15) is 0 Å². The van der Waals surface area contributed by atoms with Crippen LogP contribution in [0.15, 0.2) is 0 Å². The van der Waals surface area contributed by atoms with Crippen LogP contribution in [0, 0.1) is 0 Å². The summed E-state index contributed by atoms with van der Waals surface area (Å²) in [5.41, 5.74) is 0. The molecule has 0 spiro atoms. The maximum atomic E-state index is 10.9. The molecule has 1 saturated carbocycles. The Morgan fingerprint density at radius 1 is 1.50 bits per heavy atom. The summed E-state index contributed by atoms with van der Waals surface area (Å²) in [6, 6.07) is 0.742. The highest BCUT2D eigenvalue weighted by molar-refractivity contribution is 5.78. The van der Waals surface area contributed by atoms with Crippen molar-refractivity contribution in [3.05, 3.63) is 0 Å². The highest BCUT2D eigenvalue weighted by Crippen LogP contribution is 2.26. The summed E-state index contributed by atoms with van der Waals surface area (Å²) in [4.78, 5) is 13.1. The molecule has 3 heteroatoms. The fraction of sp³-hybridized carbons (Fsp3) is 0.857. The number of hydrogen-bond acceptors (Lipinski definition) is 2. The molecule has 1 amide bonds. The van der Waals surface area contributed by atoms with E-state index in [1.165, 1.54) is 12.8 Å². The van der Waals surface area contributed by atoms with Gasteiger partial charge in [0.05, 0.1) is 6.54 Å². The van der Waals surface area contributed by atoms with E-state index in [2.05, 4.69) is 10.2 Å². The zero-order valence-electron chi connectivity index (χ0n) is 5.97. The standard InChI is InChI=1S/C7H12N2O/c10-7-5-9(4-3-8-7)6-1-2-6/h6H,1-5H2,(H,8,10). The molecule has 0 atom stereocenters. The van der Waals surface area contributed by atoms with Crippen molar-refractivity contribution in [2.45, 2.75) is 18.9 Å². The van der Waals surface area contributed by atoms with E-state index in [9.17, 15) is 4.79 Å². The number of carbonyl (C=O) groups excluding carboxylic acids is 1. The van der Waals surface area contributed by atoms with Gasteiger partial charge >= 0.3 is 0 Å². The first-order chi connectivity index (χ1) is 4.86. The summed E-state index contributed by atoms with van der Waals surface area (Å²) in [6.45, 7) is 2.52. The van der Waals surface area contributed by atoms with Crippen molar-refractivity contribution in [1.82, 2.24) is 10.2 Å². The lowest BCUT2D eigenvalue weighted by Crippen LogP contribution is -2.48. The molecular formula is C7H12N2O.